The molecule has 0 radical (unpaired) electrons. The van der Waals surface area contributed by atoms with E-state index in [-0.39, 0.29) is 24.6 Å². The van der Waals surface area contributed by atoms with Gasteiger partial charge in [-0.1, -0.05) is 13.8 Å². The van der Waals surface area contributed by atoms with Crippen molar-refractivity contribution in [2.45, 2.75) is 45.2 Å². The molecule has 0 aromatic rings. The van der Waals surface area contributed by atoms with Crippen molar-refractivity contribution >= 4 is 5.91 Å². The Morgan fingerprint density at radius 1 is 1.60 bits per heavy atom. The number of carbonyl (C=O) groups excluding carboxylic acids is 1. The average Bonchev–Trinajstić information content (AvgIpc) is 2.64. The standard InChI is InChI=1S/C11H22N2O2/c1-8(2)10(12)6-11(15)13-5-3-4-9(13)7-14/h8-10,14H,3-7,12H2,1-2H3. The van der Waals surface area contributed by atoms with Gasteiger partial charge in [0.15, 0.2) is 0 Å². The highest BCUT2D eigenvalue weighted by atomic mass is 16.3. The maximum absolute atomic E-state index is 11.9. The third-order valence-electron chi connectivity index (χ3n) is 3.17. The molecule has 1 rings (SSSR count). The fraction of sp³-hybridized carbons (Fsp3) is 0.909. The molecule has 4 nitrogen and oxygen atoms in total. The van der Waals surface area contributed by atoms with Crippen LogP contribution in [0.2, 0.25) is 0 Å². The fourth-order valence-corrected chi connectivity index (χ4v) is 1.91. The Balaban J connectivity index is 2.46. The Hall–Kier alpha value is -0.610. The molecule has 88 valence electrons. The third-order valence-corrected chi connectivity index (χ3v) is 3.17. The maximum Gasteiger partial charge on any atom is 0.224 e. The summed E-state index contributed by atoms with van der Waals surface area (Å²) in [4.78, 5) is 13.6. The van der Waals surface area contributed by atoms with Gasteiger partial charge in [-0.05, 0) is 18.8 Å². The van der Waals surface area contributed by atoms with Gasteiger partial charge in [0.1, 0.15) is 0 Å². The van der Waals surface area contributed by atoms with Crippen molar-refractivity contribution in [2.24, 2.45) is 11.7 Å². The monoisotopic (exact) mass is 214 g/mol. The lowest BCUT2D eigenvalue weighted by molar-refractivity contribution is -0.133. The van der Waals surface area contributed by atoms with Crippen LogP contribution in [0.3, 0.4) is 0 Å². The Kier molecular flexibility index (Phi) is 4.54. The topological polar surface area (TPSA) is 66.6 Å². The second-order valence-corrected chi connectivity index (χ2v) is 4.68. The molecule has 4 heteroatoms. The molecular weight excluding hydrogens is 192 g/mol. The number of carbonyl (C=O) groups is 1. The highest BCUT2D eigenvalue weighted by Gasteiger charge is 2.28. The Labute approximate surface area is 91.4 Å². The lowest BCUT2D eigenvalue weighted by atomic mass is 10.0. The van der Waals surface area contributed by atoms with Crippen molar-refractivity contribution in [3.8, 4) is 0 Å². The molecule has 0 aliphatic carbocycles. The molecule has 1 aliphatic heterocycles. The van der Waals surface area contributed by atoms with Gasteiger partial charge in [0.25, 0.3) is 0 Å². The Morgan fingerprint density at radius 3 is 2.80 bits per heavy atom. The quantitative estimate of drug-likeness (QED) is 0.709. The summed E-state index contributed by atoms with van der Waals surface area (Å²) in [6, 6.07) is -0.0469. The molecule has 1 saturated heterocycles. The zero-order valence-corrected chi connectivity index (χ0v) is 9.65. The zero-order chi connectivity index (χ0) is 11.4. The third kappa shape index (κ3) is 3.18. The van der Waals surface area contributed by atoms with E-state index in [1.54, 1.807) is 4.90 Å². The first-order valence-electron chi connectivity index (χ1n) is 5.72. The van der Waals surface area contributed by atoms with Crippen LogP contribution in [0.1, 0.15) is 33.1 Å². The van der Waals surface area contributed by atoms with Crippen LogP contribution in [-0.4, -0.2) is 41.1 Å². The van der Waals surface area contributed by atoms with Crippen LogP contribution in [0.15, 0.2) is 0 Å². The van der Waals surface area contributed by atoms with E-state index < -0.39 is 0 Å². The maximum atomic E-state index is 11.9. The number of rotatable bonds is 4. The predicted octanol–water partition coefficient (Wildman–Crippen LogP) is 0.343. The van der Waals surface area contributed by atoms with Crippen LogP contribution in [0.4, 0.5) is 0 Å². The minimum atomic E-state index is -0.0718. The van der Waals surface area contributed by atoms with Crippen LogP contribution in [0.5, 0.6) is 0 Å². The summed E-state index contributed by atoms with van der Waals surface area (Å²) in [6.07, 6.45) is 2.31. The van der Waals surface area contributed by atoms with Gasteiger partial charge >= 0.3 is 0 Å². The highest BCUT2D eigenvalue weighted by Crippen LogP contribution is 2.18. The summed E-state index contributed by atoms with van der Waals surface area (Å²) in [6.45, 7) is 4.88. The molecule has 0 aromatic carbocycles. The molecular formula is C11H22N2O2. The predicted molar refractivity (Wildman–Crippen MR) is 59.3 cm³/mol. The van der Waals surface area contributed by atoms with Crippen molar-refractivity contribution in [1.82, 2.24) is 4.90 Å². The lowest BCUT2D eigenvalue weighted by Crippen LogP contribution is -2.41. The molecule has 2 unspecified atom stereocenters. The molecule has 1 amide bonds. The van der Waals surface area contributed by atoms with Crippen molar-refractivity contribution in [3.63, 3.8) is 0 Å². The highest BCUT2D eigenvalue weighted by molar-refractivity contribution is 5.77. The summed E-state index contributed by atoms with van der Waals surface area (Å²) in [5.41, 5.74) is 5.86. The van der Waals surface area contributed by atoms with E-state index in [1.165, 1.54) is 0 Å². The molecule has 1 fully saturated rings. The number of hydrogen-bond acceptors (Lipinski definition) is 3. The van der Waals surface area contributed by atoms with Gasteiger partial charge in [-0.15, -0.1) is 0 Å². The number of amides is 1. The van der Waals surface area contributed by atoms with Crippen LogP contribution in [0.25, 0.3) is 0 Å². The van der Waals surface area contributed by atoms with Gasteiger partial charge in [0.05, 0.1) is 12.6 Å². The van der Waals surface area contributed by atoms with E-state index in [4.69, 9.17) is 10.8 Å². The molecule has 0 spiro atoms. The van der Waals surface area contributed by atoms with Crippen molar-refractivity contribution in [2.75, 3.05) is 13.2 Å². The average molecular weight is 214 g/mol. The number of likely N-dealkylation sites (tertiary alicyclic amines) is 1. The summed E-state index contributed by atoms with van der Waals surface area (Å²) in [5, 5.41) is 9.10. The molecule has 15 heavy (non-hydrogen) atoms. The van der Waals surface area contributed by atoms with E-state index >= 15 is 0 Å². The van der Waals surface area contributed by atoms with Gasteiger partial charge in [0.2, 0.25) is 5.91 Å². The first kappa shape index (κ1) is 12.5. The number of aliphatic hydroxyl groups excluding tert-OH is 1. The molecule has 1 heterocycles. The Morgan fingerprint density at radius 2 is 2.27 bits per heavy atom. The first-order valence-corrected chi connectivity index (χ1v) is 5.72. The van der Waals surface area contributed by atoms with Gasteiger partial charge < -0.3 is 15.7 Å². The van der Waals surface area contributed by atoms with E-state index in [9.17, 15) is 4.79 Å². The van der Waals surface area contributed by atoms with Crippen LogP contribution >= 0.6 is 0 Å². The second-order valence-electron chi connectivity index (χ2n) is 4.68. The molecule has 0 aromatic heterocycles. The number of nitrogens with zero attached hydrogens (tertiary/aromatic N) is 1. The molecule has 2 atom stereocenters. The minimum Gasteiger partial charge on any atom is -0.394 e. The van der Waals surface area contributed by atoms with Crippen molar-refractivity contribution < 1.29 is 9.90 Å². The van der Waals surface area contributed by atoms with Crippen molar-refractivity contribution in [3.05, 3.63) is 0 Å². The summed E-state index contributed by atoms with van der Waals surface area (Å²) >= 11 is 0. The summed E-state index contributed by atoms with van der Waals surface area (Å²) < 4.78 is 0. The molecule has 0 saturated carbocycles. The van der Waals surface area contributed by atoms with E-state index in [0.29, 0.717) is 12.3 Å². The summed E-state index contributed by atoms with van der Waals surface area (Å²) in [5.74, 6) is 0.414. The number of aliphatic hydroxyl groups is 1. The Bertz CT molecular complexity index is 219. The van der Waals surface area contributed by atoms with E-state index in [0.717, 1.165) is 19.4 Å². The number of nitrogens with two attached hydrogens (primary N) is 1. The van der Waals surface area contributed by atoms with E-state index in [2.05, 4.69) is 0 Å². The van der Waals surface area contributed by atoms with Gasteiger partial charge in [-0.2, -0.15) is 0 Å². The number of hydrogen-bond donors (Lipinski definition) is 2. The zero-order valence-electron chi connectivity index (χ0n) is 9.65. The van der Waals surface area contributed by atoms with Crippen LogP contribution in [0, 0.1) is 5.92 Å². The van der Waals surface area contributed by atoms with Crippen LogP contribution < -0.4 is 5.73 Å². The first-order chi connectivity index (χ1) is 7.06. The van der Waals surface area contributed by atoms with Gasteiger partial charge in [-0.25, -0.2) is 0 Å². The van der Waals surface area contributed by atoms with Gasteiger partial charge in [-0.3, -0.25) is 4.79 Å². The van der Waals surface area contributed by atoms with Crippen LogP contribution in [-0.2, 0) is 4.79 Å². The minimum absolute atomic E-state index is 0.0249. The fourth-order valence-electron chi connectivity index (χ4n) is 1.91. The molecule has 3 N–H and O–H groups in total. The largest absolute Gasteiger partial charge is 0.394 e. The van der Waals surface area contributed by atoms with E-state index in [1.807, 2.05) is 13.8 Å². The normalized spacial score (nSPS) is 23.5. The lowest BCUT2D eigenvalue weighted by Gasteiger charge is -2.25. The molecule has 0 bridgehead atoms. The molecule has 1 aliphatic rings. The smallest absolute Gasteiger partial charge is 0.224 e. The summed E-state index contributed by atoms with van der Waals surface area (Å²) in [7, 11) is 0. The second kappa shape index (κ2) is 5.47. The van der Waals surface area contributed by atoms with Crippen molar-refractivity contribution in [1.29, 1.82) is 0 Å². The SMILES string of the molecule is CC(C)C(N)CC(=O)N1CCCC1CO. The van der Waals surface area contributed by atoms with Gasteiger partial charge in [0, 0.05) is 19.0 Å².